The van der Waals surface area contributed by atoms with Crippen molar-refractivity contribution in [3.05, 3.63) is 11.9 Å². The van der Waals surface area contributed by atoms with Gasteiger partial charge in [-0.1, -0.05) is 5.21 Å². The molecule has 0 saturated carbocycles. The summed E-state index contributed by atoms with van der Waals surface area (Å²) in [5.41, 5.74) is 5.69. The summed E-state index contributed by atoms with van der Waals surface area (Å²) < 4.78 is 1.38. The minimum Gasteiger partial charge on any atom is -0.390 e. The molecule has 1 unspecified atom stereocenters. The van der Waals surface area contributed by atoms with Crippen LogP contribution in [0.1, 0.15) is 18.5 Å². The first-order valence-corrected chi connectivity index (χ1v) is 6.17. The van der Waals surface area contributed by atoms with Crippen LogP contribution in [0, 0.1) is 5.92 Å². The lowest BCUT2D eigenvalue weighted by Crippen LogP contribution is -2.45. The summed E-state index contributed by atoms with van der Waals surface area (Å²) in [5, 5.41) is 16.3. The van der Waals surface area contributed by atoms with Gasteiger partial charge in [-0.05, 0) is 12.8 Å². The Bertz CT molecular complexity index is 473. The first kappa shape index (κ1) is 13.5. The van der Waals surface area contributed by atoms with Crippen LogP contribution < -0.4 is 5.73 Å². The van der Waals surface area contributed by atoms with Crippen LogP contribution in [0.3, 0.4) is 0 Å². The van der Waals surface area contributed by atoms with E-state index in [2.05, 4.69) is 10.3 Å². The smallest absolute Gasteiger partial charge is 0.244 e. The van der Waals surface area contributed by atoms with Crippen molar-refractivity contribution < 1.29 is 14.7 Å². The fourth-order valence-electron chi connectivity index (χ4n) is 2.16. The fraction of sp³-hybridized carbons (Fsp3) is 0.636. The Hall–Kier alpha value is -1.96. The number of aliphatic hydroxyl groups excluding tert-OH is 1. The minimum atomic E-state index is -0.360. The molecule has 8 nitrogen and oxygen atoms in total. The van der Waals surface area contributed by atoms with Gasteiger partial charge < -0.3 is 15.7 Å². The summed E-state index contributed by atoms with van der Waals surface area (Å²) in [6.45, 7) is 0.847. The molecule has 0 aliphatic carbocycles. The zero-order chi connectivity index (χ0) is 13.8. The van der Waals surface area contributed by atoms with Gasteiger partial charge in [0.1, 0.15) is 12.2 Å². The second kappa shape index (κ2) is 5.79. The van der Waals surface area contributed by atoms with E-state index in [9.17, 15) is 9.59 Å². The number of hydrogen-bond donors (Lipinski definition) is 2. The van der Waals surface area contributed by atoms with E-state index in [0.29, 0.717) is 18.8 Å². The second-order valence-electron chi connectivity index (χ2n) is 4.65. The van der Waals surface area contributed by atoms with Crippen LogP contribution >= 0.6 is 0 Å². The number of carbonyl (C=O) groups excluding carboxylic acids is 2. The van der Waals surface area contributed by atoms with Crippen molar-refractivity contribution in [3.8, 4) is 0 Å². The molecule has 1 atom stereocenters. The highest BCUT2D eigenvalue weighted by atomic mass is 16.3. The van der Waals surface area contributed by atoms with Gasteiger partial charge in [0, 0.05) is 13.1 Å². The van der Waals surface area contributed by atoms with Crippen molar-refractivity contribution in [1.29, 1.82) is 0 Å². The Labute approximate surface area is 110 Å². The van der Waals surface area contributed by atoms with Crippen molar-refractivity contribution in [1.82, 2.24) is 19.9 Å². The number of carbonyl (C=O) groups is 2. The molecule has 1 aromatic rings. The van der Waals surface area contributed by atoms with Gasteiger partial charge in [-0.15, -0.1) is 5.10 Å². The summed E-state index contributed by atoms with van der Waals surface area (Å²) in [5.74, 6) is -0.748. The number of hydrogen-bond acceptors (Lipinski definition) is 5. The van der Waals surface area contributed by atoms with E-state index in [1.807, 2.05) is 0 Å². The van der Waals surface area contributed by atoms with Crippen LogP contribution in [0.2, 0.25) is 0 Å². The van der Waals surface area contributed by atoms with E-state index in [4.69, 9.17) is 10.8 Å². The van der Waals surface area contributed by atoms with Crippen LogP contribution in [0.5, 0.6) is 0 Å². The van der Waals surface area contributed by atoms with E-state index in [-0.39, 0.29) is 30.9 Å². The molecule has 2 heterocycles. The molecule has 0 bridgehead atoms. The Morgan fingerprint density at radius 1 is 1.53 bits per heavy atom. The summed E-state index contributed by atoms with van der Waals surface area (Å²) in [6, 6.07) is 0. The molecule has 1 aliphatic heterocycles. The molecule has 1 saturated heterocycles. The van der Waals surface area contributed by atoms with Crippen molar-refractivity contribution in [2.24, 2.45) is 11.7 Å². The Balaban J connectivity index is 1.93. The highest BCUT2D eigenvalue weighted by Crippen LogP contribution is 2.16. The lowest BCUT2D eigenvalue weighted by molar-refractivity contribution is -0.135. The molecule has 104 valence electrons. The number of primary amides is 1. The third-order valence-corrected chi connectivity index (χ3v) is 3.22. The number of nitrogens with zero attached hydrogens (tertiary/aromatic N) is 4. The quantitative estimate of drug-likeness (QED) is 0.688. The number of rotatable bonds is 4. The Kier molecular flexibility index (Phi) is 4.10. The number of piperidine rings is 1. The topological polar surface area (TPSA) is 114 Å². The highest BCUT2D eigenvalue weighted by Gasteiger charge is 2.27. The summed E-state index contributed by atoms with van der Waals surface area (Å²) >= 11 is 0. The van der Waals surface area contributed by atoms with Gasteiger partial charge in [0.25, 0.3) is 0 Å². The van der Waals surface area contributed by atoms with Crippen LogP contribution in [-0.4, -0.2) is 49.9 Å². The van der Waals surface area contributed by atoms with Crippen molar-refractivity contribution in [2.45, 2.75) is 26.0 Å². The number of aliphatic hydroxyl groups is 1. The lowest BCUT2D eigenvalue weighted by Gasteiger charge is -2.31. The molecule has 2 rings (SSSR count). The molecular formula is C11H17N5O3. The second-order valence-corrected chi connectivity index (χ2v) is 4.65. The van der Waals surface area contributed by atoms with Gasteiger partial charge in [0.15, 0.2) is 0 Å². The highest BCUT2D eigenvalue weighted by molar-refractivity contribution is 5.80. The number of aromatic nitrogens is 3. The first-order chi connectivity index (χ1) is 9.10. The minimum absolute atomic E-state index is 0.0540. The predicted octanol–water partition coefficient (Wildman–Crippen LogP) is -1.51. The van der Waals surface area contributed by atoms with E-state index < -0.39 is 0 Å². The fourth-order valence-corrected chi connectivity index (χ4v) is 2.16. The molecule has 19 heavy (non-hydrogen) atoms. The molecule has 0 radical (unpaired) electrons. The summed E-state index contributed by atoms with van der Waals surface area (Å²) in [7, 11) is 0. The summed E-state index contributed by atoms with van der Waals surface area (Å²) in [6.07, 6.45) is 3.03. The van der Waals surface area contributed by atoms with Gasteiger partial charge in [-0.25, -0.2) is 4.68 Å². The van der Waals surface area contributed by atoms with E-state index >= 15 is 0 Å². The predicted molar refractivity (Wildman–Crippen MR) is 64.4 cm³/mol. The van der Waals surface area contributed by atoms with Crippen molar-refractivity contribution >= 4 is 11.8 Å². The summed E-state index contributed by atoms with van der Waals surface area (Å²) in [4.78, 5) is 24.8. The maximum absolute atomic E-state index is 12.1. The molecule has 1 fully saturated rings. The Morgan fingerprint density at radius 3 is 2.95 bits per heavy atom. The SMILES string of the molecule is NC(=O)C1CCCN(C(=O)Cn2cc(CO)nn2)C1. The van der Waals surface area contributed by atoms with E-state index in [1.165, 1.54) is 10.9 Å². The van der Waals surface area contributed by atoms with Crippen molar-refractivity contribution in [2.75, 3.05) is 13.1 Å². The van der Waals surface area contributed by atoms with Crippen molar-refractivity contribution in [3.63, 3.8) is 0 Å². The maximum atomic E-state index is 12.1. The van der Waals surface area contributed by atoms with Crippen LogP contribution in [-0.2, 0) is 22.7 Å². The molecule has 8 heteroatoms. The average Bonchev–Trinajstić information content (AvgIpc) is 2.86. The van der Waals surface area contributed by atoms with Crippen LogP contribution in [0.4, 0.5) is 0 Å². The third-order valence-electron chi connectivity index (χ3n) is 3.22. The monoisotopic (exact) mass is 267 g/mol. The average molecular weight is 267 g/mol. The number of likely N-dealkylation sites (tertiary alicyclic amines) is 1. The molecule has 0 aromatic carbocycles. The van der Waals surface area contributed by atoms with E-state index in [0.717, 1.165) is 12.8 Å². The standard InChI is InChI=1S/C11H17N5O3/c12-11(19)8-2-1-3-15(4-8)10(18)6-16-5-9(7-17)13-14-16/h5,8,17H,1-4,6-7H2,(H2,12,19). The van der Waals surface area contributed by atoms with Gasteiger partial charge in [-0.3, -0.25) is 9.59 Å². The molecule has 1 aromatic heterocycles. The molecular weight excluding hydrogens is 250 g/mol. The maximum Gasteiger partial charge on any atom is 0.244 e. The molecule has 1 aliphatic rings. The van der Waals surface area contributed by atoms with Crippen LogP contribution in [0.25, 0.3) is 0 Å². The van der Waals surface area contributed by atoms with Gasteiger partial charge >= 0.3 is 0 Å². The van der Waals surface area contributed by atoms with Gasteiger partial charge in [0.2, 0.25) is 11.8 Å². The number of amides is 2. The zero-order valence-electron chi connectivity index (χ0n) is 10.5. The first-order valence-electron chi connectivity index (χ1n) is 6.17. The lowest BCUT2D eigenvalue weighted by atomic mass is 9.97. The van der Waals surface area contributed by atoms with Crippen LogP contribution in [0.15, 0.2) is 6.20 Å². The molecule has 2 amide bonds. The normalized spacial score (nSPS) is 19.4. The molecule has 3 N–H and O–H groups in total. The largest absolute Gasteiger partial charge is 0.390 e. The van der Waals surface area contributed by atoms with E-state index in [1.54, 1.807) is 4.90 Å². The zero-order valence-corrected chi connectivity index (χ0v) is 10.5. The number of nitrogens with two attached hydrogens (primary N) is 1. The van der Waals surface area contributed by atoms with Gasteiger partial charge in [-0.2, -0.15) is 0 Å². The third kappa shape index (κ3) is 3.28. The molecule has 0 spiro atoms. The Morgan fingerprint density at radius 2 is 2.32 bits per heavy atom. The van der Waals surface area contributed by atoms with Gasteiger partial charge in [0.05, 0.1) is 18.7 Å².